The molecule has 1 aliphatic heterocycles. The molecule has 0 saturated carbocycles. The smallest absolute Gasteiger partial charge is 0.193 e. The predicted molar refractivity (Wildman–Crippen MR) is 111 cm³/mol. The van der Waals surface area contributed by atoms with E-state index in [4.69, 9.17) is 26.8 Å². The number of nitrogens with two attached hydrogens (primary N) is 1. The highest BCUT2D eigenvalue weighted by Gasteiger charge is 2.10. The standard InChI is InChI=1S/C17H19ClN4O2.HI/c18-16-5-2-12(11-21-16)6-7-20-17(19)22-13-3-4-14-15(10-13)24-9-1-8-23-14;/h2-5,10-11H,1,6-9H2,(H3,19,20,22);1H. The maximum atomic E-state index is 5.93. The molecule has 0 aliphatic carbocycles. The number of nitrogens with one attached hydrogen (secondary N) is 1. The molecule has 3 rings (SSSR count). The first-order valence-electron chi connectivity index (χ1n) is 7.78. The van der Waals surface area contributed by atoms with Gasteiger partial charge in [-0.2, -0.15) is 0 Å². The fourth-order valence-corrected chi connectivity index (χ4v) is 2.40. The molecule has 2 aromatic rings. The minimum atomic E-state index is 0. The van der Waals surface area contributed by atoms with Gasteiger partial charge in [-0.05, 0) is 30.2 Å². The molecule has 0 fully saturated rings. The van der Waals surface area contributed by atoms with Crippen molar-refractivity contribution in [1.29, 1.82) is 0 Å². The molecule has 25 heavy (non-hydrogen) atoms. The Kier molecular flexibility index (Phi) is 7.57. The summed E-state index contributed by atoms with van der Waals surface area (Å²) in [7, 11) is 0. The van der Waals surface area contributed by atoms with E-state index in [-0.39, 0.29) is 24.0 Å². The number of anilines is 1. The first kappa shape index (κ1) is 19.6. The van der Waals surface area contributed by atoms with Crippen molar-refractivity contribution in [2.24, 2.45) is 10.7 Å². The largest absolute Gasteiger partial charge is 0.490 e. The molecule has 0 bridgehead atoms. The van der Waals surface area contributed by atoms with E-state index in [2.05, 4.69) is 15.3 Å². The van der Waals surface area contributed by atoms with E-state index in [0.29, 0.717) is 30.9 Å². The number of aliphatic imine (C=N–C) groups is 1. The van der Waals surface area contributed by atoms with E-state index in [1.165, 1.54) is 0 Å². The second kappa shape index (κ2) is 9.67. The van der Waals surface area contributed by atoms with Crippen LogP contribution < -0.4 is 20.5 Å². The van der Waals surface area contributed by atoms with Crippen molar-refractivity contribution in [3.8, 4) is 11.5 Å². The minimum absolute atomic E-state index is 0. The number of hydrogen-bond acceptors (Lipinski definition) is 4. The summed E-state index contributed by atoms with van der Waals surface area (Å²) in [5.41, 5.74) is 7.81. The number of fused-ring (bicyclic) bond motifs is 1. The third-order valence-corrected chi connectivity index (χ3v) is 3.71. The van der Waals surface area contributed by atoms with Crippen molar-refractivity contribution < 1.29 is 9.47 Å². The molecule has 3 N–H and O–H groups in total. The minimum Gasteiger partial charge on any atom is -0.490 e. The summed E-state index contributed by atoms with van der Waals surface area (Å²) in [5.74, 6) is 1.83. The number of halogens is 2. The molecule has 6 nitrogen and oxygen atoms in total. The summed E-state index contributed by atoms with van der Waals surface area (Å²) in [6.07, 6.45) is 3.36. The average Bonchev–Trinajstić information content (AvgIpc) is 2.81. The van der Waals surface area contributed by atoms with Gasteiger partial charge >= 0.3 is 0 Å². The summed E-state index contributed by atoms with van der Waals surface area (Å²) in [4.78, 5) is 8.36. The average molecular weight is 475 g/mol. The van der Waals surface area contributed by atoms with Crippen molar-refractivity contribution in [3.05, 3.63) is 47.2 Å². The van der Waals surface area contributed by atoms with Crippen molar-refractivity contribution in [2.75, 3.05) is 25.1 Å². The lowest BCUT2D eigenvalue weighted by molar-refractivity contribution is 0.297. The molecule has 0 atom stereocenters. The summed E-state index contributed by atoms with van der Waals surface area (Å²) in [5, 5.41) is 3.55. The van der Waals surface area contributed by atoms with Crippen LogP contribution in [0.2, 0.25) is 5.15 Å². The second-order valence-electron chi connectivity index (χ2n) is 5.34. The number of aromatic nitrogens is 1. The van der Waals surface area contributed by atoms with Gasteiger partial charge in [-0.15, -0.1) is 24.0 Å². The van der Waals surface area contributed by atoms with Crippen molar-refractivity contribution in [1.82, 2.24) is 4.98 Å². The first-order valence-corrected chi connectivity index (χ1v) is 8.15. The van der Waals surface area contributed by atoms with Crippen LogP contribution in [0.3, 0.4) is 0 Å². The highest BCUT2D eigenvalue weighted by molar-refractivity contribution is 14.0. The number of benzene rings is 1. The SMILES string of the molecule is I.NC(=NCCc1ccc(Cl)nc1)Nc1ccc2c(c1)OCCCO2. The van der Waals surface area contributed by atoms with Gasteiger partial charge in [0.25, 0.3) is 0 Å². The lowest BCUT2D eigenvalue weighted by Crippen LogP contribution is -2.23. The van der Waals surface area contributed by atoms with Crippen molar-refractivity contribution in [3.63, 3.8) is 0 Å². The molecule has 134 valence electrons. The van der Waals surface area contributed by atoms with E-state index in [9.17, 15) is 0 Å². The molecule has 2 heterocycles. The Balaban J connectivity index is 0.00000225. The molecule has 0 amide bonds. The maximum Gasteiger partial charge on any atom is 0.193 e. The van der Waals surface area contributed by atoms with Crippen molar-refractivity contribution >= 4 is 47.2 Å². The normalized spacial score (nSPS) is 13.6. The Hall–Kier alpha value is -1.74. The Morgan fingerprint density at radius 2 is 2.00 bits per heavy atom. The van der Waals surface area contributed by atoms with Gasteiger partial charge in [0.1, 0.15) is 5.15 Å². The van der Waals surface area contributed by atoms with E-state index in [1.807, 2.05) is 24.3 Å². The van der Waals surface area contributed by atoms with Gasteiger partial charge in [-0.3, -0.25) is 4.99 Å². The van der Waals surface area contributed by atoms with Crippen LogP contribution >= 0.6 is 35.6 Å². The van der Waals surface area contributed by atoms with Gasteiger partial charge in [0.15, 0.2) is 17.5 Å². The summed E-state index contributed by atoms with van der Waals surface area (Å²) in [6, 6.07) is 9.32. The number of nitrogens with zero attached hydrogens (tertiary/aromatic N) is 2. The maximum absolute atomic E-state index is 5.93. The quantitative estimate of drug-likeness (QED) is 0.307. The summed E-state index contributed by atoms with van der Waals surface area (Å²) >= 11 is 5.76. The van der Waals surface area contributed by atoms with Gasteiger partial charge in [0, 0.05) is 30.9 Å². The molecular weight excluding hydrogens is 455 g/mol. The fourth-order valence-electron chi connectivity index (χ4n) is 2.29. The van der Waals surface area contributed by atoms with E-state index in [0.717, 1.165) is 35.6 Å². The Morgan fingerprint density at radius 1 is 1.20 bits per heavy atom. The Morgan fingerprint density at radius 3 is 2.76 bits per heavy atom. The van der Waals surface area contributed by atoms with Crippen LogP contribution in [0.25, 0.3) is 0 Å². The number of rotatable bonds is 4. The van der Waals surface area contributed by atoms with Gasteiger partial charge < -0.3 is 20.5 Å². The molecular formula is C17H20ClIN4O2. The Bertz CT molecular complexity index is 725. The lowest BCUT2D eigenvalue weighted by Gasteiger charge is -2.10. The number of hydrogen-bond donors (Lipinski definition) is 2. The number of pyridine rings is 1. The highest BCUT2D eigenvalue weighted by atomic mass is 127. The molecule has 1 aromatic carbocycles. The van der Waals surface area contributed by atoms with E-state index < -0.39 is 0 Å². The van der Waals surface area contributed by atoms with E-state index >= 15 is 0 Å². The van der Waals surface area contributed by atoms with Crippen LogP contribution in [0.5, 0.6) is 11.5 Å². The van der Waals surface area contributed by atoms with Crippen LogP contribution in [-0.4, -0.2) is 30.7 Å². The van der Waals surface area contributed by atoms with Crippen LogP contribution in [0.15, 0.2) is 41.5 Å². The monoisotopic (exact) mass is 474 g/mol. The van der Waals surface area contributed by atoms with Crippen LogP contribution in [-0.2, 0) is 6.42 Å². The fraction of sp³-hybridized carbons (Fsp3) is 0.294. The molecule has 0 radical (unpaired) electrons. The van der Waals surface area contributed by atoms with E-state index in [1.54, 1.807) is 12.3 Å². The number of ether oxygens (including phenoxy) is 2. The molecule has 1 aromatic heterocycles. The third-order valence-electron chi connectivity index (χ3n) is 3.49. The zero-order chi connectivity index (χ0) is 16.8. The van der Waals surface area contributed by atoms with Gasteiger partial charge in [0.2, 0.25) is 0 Å². The van der Waals surface area contributed by atoms with Crippen LogP contribution in [0.1, 0.15) is 12.0 Å². The highest BCUT2D eigenvalue weighted by Crippen LogP contribution is 2.32. The van der Waals surface area contributed by atoms with Crippen LogP contribution in [0, 0.1) is 0 Å². The molecule has 0 saturated heterocycles. The predicted octanol–water partition coefficient (Wildman–Crippen LogP) is 3.48. The first-order chi connectivity index (χ1) is 11.7. The second-order valence-corrected chi connectivity index (χ2v) is 5.73. The molecule has 0 unspecified atom stereocenters. The van der Waals surface area contributed by atoms with Gasteiger partial charge in [-0.25, -0.2) is 4.98 Å². The zero-order valence-corrected chi connectivity index (χ0v) is 16.7. The summed E-state index contributed by atoms with van der Waals surface area (Å²) < 4.78 is 11.3. The Labute approximate surface area is 168 Å². The topological polar surface area (TPSA) is 81.8 Å². The van der Waals surface area contributed by atoms with Crippen LogP contribution in [0.4, 0.5) is 5.69 Å². The molecule has 1 aliphatic rings. The van der Waals surface area contributed by atoms with Gasteiger partial charge in [0.05, 0.1) is 13.2 Å². The molecule has 0 spiro atoms. The molecule has 8 heteroatoms. The zero-order valence-electron chi connectivity index (χ0n) is 13.6. The third kappa shape index (κ3) is 5.93. The number of guanidine groups is 1. The van der Waals surface area contributed by atoms with Crippen molar-refractivity contribution in [2.45, 2.75) is 12.8 Å². The van der Waals surface area contributed by atoms with Gasteiger partial charge in [-0.1, -0.05) is 17.7 Å². The lowest BCUT2D eigenvalue weighted by atomic mass is 10.2. The summed E-state index contributed by atoms with van der Waals surface area (Å²) in [6.45, 7) is 1.88.